The Hall–Kier alpha value is -0.790. The van der Waals surface area contributed by atoms with Crippen molar-refractivity contribution >= 4 is 5.97 Å². The number of hydrogen-bond acceptors (Lipinski definition) is 2. The van der Waals surface area contributed by atoms with Crippen LogP contribution in [0.4, 0.5) is 0 Å². The summed E-state index contributed by atoms with van der Waals surface area (Å²) in [5.41, 5.74) is 0.761. The Morgan fingerprint density at radius 1 is 1.04 bits per heavy atom. The van der Waals surface area contributed by atoms with E-state index in [9.17, 15) is 4.79 Å². The molecule has 3 fully saturated rings. The maximum atomic E-state index is 11.9. The fourth-order valence-electron chi connectivity index (χ4n) is 7.23. The Balaban J connectivity index is 1.57. The minimum absolute atomic E-state index is 0.00270. The molecule has 0 amide bonds. The predicted molar refractivity (Wildman–Crippen MR) is 96.4 cm³/mol. The molecule has 2 nitrogen and oxygen atoms in total. The average Bonchev–Trinajstić information content (AvgIpc) is 2.91. The first kappa shape index (κ1) is 16.7. The Morgan fingerprint density at radius 2 is 1.83 bits per heavy atom. The predicted octanol–water partition coefficient (Wildman–Crippen LogP) is 5.52. The Morgan fingerprint density at radius 3 is 2.62 bits per heavy atom. The van der Waals surface area contributed by atoms with E-state index in [4.69, 9.17) is 4.74 Å². The number of carbonyl (C=O) groups excluding carboxylic acids is 1. The highest BCUT2D eigenvalue weighted by molar-refractivity contribution is 5.69. The van der Waals surface area contributed by atoms with Gasteiger partial charge in [0.2, 0.25) is 0 Å². The van der Waals surface area contributed by atoms with E-state index in [2.05, 4.69) is 26.0 Å². The molecule has 0 N–H and O–H groups in total. The van der Waals surface area contributed by atoms with Crippen molar-refractivity contribution in [3.63, 3.8) is 0 Å². The molecular weight excluding hydrogens is 296 g/mol. The SMILES string of the molecule is CCC(=O)OC1CC[C@H]2[C@@H]3CCC4CC=CC[C@]4(C)[C@@H]3CC[C@]12C. The van der Waals surface area contributed by atoms with Crippen LogP contribution in [-0.2, 0) is 9.53 Å². The normalized spacial score (nSPS) is 49.9. The monoisotopic (exact) mass is 330 g/mol. The molecule has 4 aliphatic rings. The van der Waals surface area contributed by atoms with Gasteiger partial charge in [0.25, 0.3) is 0 Å². The molecule has 3 saturated carbocycles. The Labute approximate surface area is 147 Å². The molecule has 24 heavy (non-hydrogen) atoms. The van der Waals surface area contributed by atoms with Gasteiger partial charge in [0.1, 0.15) is 6.10 Å². The van der Waals surface area contributed by atoms with Gasteiger partial charge in [0, 0.05) is 11.8 Å². The highest BCUT2D eigenvalue weighted by Gasteiger charge is 2.60. The van der Waals surface area contributed by atoms with Crippen LogP contribution in [0.3, 0.4) is 0 Å². The highest BCUT2D eigenvalue weighted by Crippen LogP contribution is 2.66. The van der Waals surface area contributed by atoms with E-state index in [1.165, 1.54) is 44.9 Å². The third kappa shape index (κ3) is 2.31. The van der Waals surface area contributed by atoms with Crippen LogP contribution in [0.2, 0.25) is 0 Å². The lowest BCUT2D eigenvalue weighted by Gasteiger charge is -2.59. The molecule has 0 aromatic heterocycles. The van der Waals surface area contributed by atoms with Gasteiger partial charge in [0.05, 0.1) is 0 Å². The quantitative estimate of drug-likeness (QED) is 0.492. The van der Waals surface area contributed by atoms with Crippen molar-refractivity contribution in [2.75, 3.05) is 0 Å². The molecule has 134 valence electrons. The Kier molecular flexibility index (Phi) is 4.09. The topological polar surface area (TPSA) is 26.3 Å². The van der Waals surface area contributed by atoms with Crippen molar-refractivity contribution in [2.45, 2.75) is 84.7 Å². The first-order chi connectivity index (χ1) is 11.5. The van der Waals surface area contributed by atoms with Crippen LogP contribution in [-0.4, -0.2) is 12.1 Å². The summed E-state index contributed by atoms with van der Waals surface area (Å²) in [5, 5.41) is 0. The fraction of sp³-hybridized carbons (Fsp3) is 0.864. The summed E-state index contributed by atoms with van der Waals surface area (Å²) in [7, 11) is 0. The second-order valence-electron chi connectivity index (χ2n) is 9.52. The summed E-state index contributed by atoms with van der Waals surface area (Å²) in [6.07, 6.45) is 15.9. The third-order valence-electron chi connectivity index (χ3n) is 8.69. The summed E-state index contributed by atoms with van der Waals surface area (Å²) in [5.74, 6) is 3.43. The molecule has 0 radical (unpaired) electrons. The lowest BCUT2D eigenvalue weighted by molar-refractivity contribution is -0.162. The number of esters is 1. The molecule has 0 aromatic carbocycles. The third-order valence-corrected chi connectivity index (χ3v) is 8.69. The smallest absolute Gasteiger partial charge is 0.305 e. The van der Waals surface area contributed by atoms with Crippen molar-refractivity contribution < 1.29 is 9.53 Å². The second kappa shape index (κ2) is 5.88. The van der Waals surface area contributed by atoms with E-state index in [1.54, 1.807) is 0 Å². The van der Waals surface area contributed by atoms with Gasteiger partial charge in [-0.2, -0.15) is 0 Å². The minimum atomic E-state index is -0.00270. The molecule has 0 aromatic rings. The van der Waals surface area contributed by atoms with Crippen LogP contribution in [0.5, 0.6) is 0 Å². The summed E-state index contributed by atoms with van der Waals surface area (Å²) in [6, 6.07) is 0. The minimum Gasteiger partial charge on any atom is -0.462 e. The van der Waals surface area contributed by atoms with Gasteiger partial charge < -0.3 is 4.74 Å². The molecule has 0 saturated heterocycles. The maximum Gasteiger partial charge on any atom is 0.305 e. The maximum absolute atomic E-state index is 11.9. The van der Waals surface area contributed by atoms with Crippen LogP contribution in [0.15, 0.2) is 12.2 Å². The largest absolute Gasteiger partial charge is 0.462 e. The van der Waals surface area contributed by atoms with Gasteiger partial charge in [0.15, 0.2) is 0 Å². The van der Waals surface area contributed by atoms with Gasteiger partial charge in [-0.1, -0.05) is 32.9 Å². The number of fused-ring (bicyclic) bond motifs is 5. The molecule has 0 spiro atoms. The molecule has 0 aliphatic heterocycles. The first-order valence-corrected chi connectivity index (χ1v) is 10.3. The van der Waals surface area contributed by atoms with Crippen LogP contribution >= 0.6 is 0 Å². The molecular formula is C22H34O2. The number of carbonyl (C=O) groups is 1. The summed E-state index contributed by atoms with van der Waals surface area (Å²) in [4.78, 5) is 11.9. The van der Waals surface area contributed by atoms with Crippen molar-refractivity contribution in [1.29, 1.82) is 0 Å². The summed E-state index contributed by atoms with van der Waals surface area (Å²) in [6.45, 7) is 6.93. The molecule has 4 aliphatic carbocycles. The van der Waals surface area contributed by atoms with Gasteiger partial charge in [-0.25, -0.2) is 0 Å². The van der Waals surface area contributed by atoms with Crippen molar-refractivity contribution in [3.05, 3.63) is 12.2 Å². The van der Waals surface area contributed by atoms with Crippen LogP contribution < -0.4 is 0 Å². The zero-order valence-electron chi connectivity index (χ0n) is 15.7. The zero-order chi connectivity index (χ0) is 16.9. The first-order valence-electron chi connectivity index (χ1n) is 10.3. The molecule has 7 atom stereocenters. The van der Waals surface area contributed by atoms with E-state index >= 15 is 0 Å². The molecule has 2 heteroatoms. The highest BCUT2D eigenvalue weighted by atomic mass is 16.5. The van der Waals surface area contributed by atoms with E-state index in [0.717, 1.165) is 30.1 Å². The van der Waals surface area contributed by atoms with E-state index < -0.39 is 0 Å². The second-order valence-corrected chi connectivity index (χ2v) is 9.52. The number of allylic oxidation sites excluding steroid dienone is 2. The van der Waals surface area contributed by atoms with Gasteiger partial charge in [-0.3, -0.25) is 4.79 Å². The molecule has 0 heterocycles. The van der Waals surface area contributed by atoms with Crippen molar-refractivity contribution in [1.82, 2.24) is 0 Å². The van der Waals surface area contributed by atoms with Crippen LogP contribution in [0.25, 0.3) is 0 Å². The molecule has 0 bridgehead atoms. The number of ether oxygens (including phenoxy) is 1. The average molecular weight is 331 g/mol. The standard InChI is InChI=1S/C22H34O2/c1-4-20(23)24-19-11-10-17-16-9-8-15-7-5-6-13-21(15,2)18(16)12-14-22(17,19)3/h5-6,15-19H,4,7-14H2,1-3H3/t15?,16-,17-,18+,19?,21-,22-/m0/s1. The van der Waals surface area contributed by atoms with E-state index in [0.29, 0.717) is 11.8 Å². The number of hydrogen-bond donors (Lipinski definition) is 0. The van der Waals surface area contributed by atoms with Crippen LogP contribution in [0.1, 0.15) is 78.6 Å². The van der Waals surface area contributed by atoms with Crippen LogP contribution in [0, 0.1) is 34.5 Å². The van der Waals surface area contributed by atoms with Crippen molar-refractivity contribution in [3.8, 4) is 0 Å². The fourth-order valence-corrected chi connectivity index (χ4v) is 7.23. The lowest BCUT2D eigenvalue weighted by Crippen LogP contribution is -2.53. The number of rotatable bonds is 2. The zero-order valence-corrected chi connectivity index (χ0v) is 15.7. The summed E-state index contributed by atoms with van der Waals surface area (Å²) < 4.78 is 5.89. The van der Waals surface area contributed by atoms with E-state index in [1.807, 2.05) is 6.92 Å². The van der Waals surface area contributed by atoms with Crippen molar-refractivity contribution in [2.24, 2.45) is 34.5 Å². The van der Waals surface area contributed by atoms with Gasteiger partial charge in [-0.05, 0) is 80.5 Å². The molecule has 4 rings (SSSR count). The Bertz CT molecular complexity index is 538. The lowest BCUT2D eigenvalue weighted by atomic mass is 9.46. The summed E-state index contributed by atoms with van der Waals surface area (Å²) >= 11 is 0. The van der Waals surface area contributed by atoms with Gasteiger partial charge in [-0.15, -0.1) is 0 Å². The van der Waals surface area contributed by atoms with E-state index in [-0.39, 0.29) is 17.5 Å². The molecule has 2 unspecified atom stereocenters. The van der Waals surface area contributed by atoms with Gasteiger partial charge >= 0.3 is 5.97 Å².